The summed E-state index contributed by atoms with van der Waals surface area (Å²) in [7, 11) is 0. The Morgan fingerprint density at radius 2 is 2.20 bits per heavy atom. The Morgan fingerprint density at radius 1 is 1.60 bits per heavy atom. The predicted molar refractivity (Wildman–Crippen MR) is 54.2 cm³/mol. The maximum Gasteiger partial charge on any atom is 0.307 e. The van der Waals surface area contributed by atoms with Crippen molar-refractivity contribution < 1.29 is 14.8 Å². The van der Waals surface area contributed by atoms with Gasteiger partial charge in [-0.05, 0) is 18.6 Å². The lowest BCUT2D eigenvalue weighted by atomic mass is 10.1. The minimum Gasteiger partial charge on any atom is -0.481 e. The summed E-state index contributed by atoms with van der Waals surface area (Å²) in [6.07, 6.45) is -0.319. The van der Waals surface area contributed by atoms with Crippen LogP contribution in [0.3, 0.4) is 0 Å². The Morgan fingerprint density at radius 3 is 2.67 bits per heavy atom. The van der Waals surface area contributed by atoms with Crippen molar-refractivity contribution in [3.05, 3.63) is 38.4 Å². The van der Waals surface area contributed by atoms with Crippen LogP contribution >= 0.6 is 11.6 Å². The summed E-state index contributed by atoms with van der Waals surface area (Å²) in [5, 5.41) is 19.4. The molecule has 0 aliphatic heterocycles. The average Bonchev–Trinajstić information content (AvgIpc) is 2.08. The quantitative estimate of drug-likeness (QED) is 0.636. The van der Waals surface area contributed by atoms with E-state index in [1.54, 1.807) is 6.92 Å². The fraction of sp³-hybridized carbons (Fsp3) is 0.222. The lowest BCUT2D eigenvalue weighted by Crippen LogP contribution is -2.02. The van der Waals surface area contributed by atoms with E-state index in [1.807, 2.05) is 0 Å². The van der Waals surface area contributed by atoms with Gasteiger partial charge in [0.1, 0.15) is 0 Å². The molecule has 0 unspecified atom stereocenters. The van der Waals surface area contributed by atoms with E-state index < -0.39 is 10.9 Å². The first-order valence-corrected chi connectivity index (χ1v) is 4.45. The van der Waals surface area contributed by atoms with Gasteiger partial charge in [-0.2, -0.15) is 0 Å². The molecule has 0 saturated carbocycles. The molecule has 6 heteroatoms. The summed E-state index contributed by atoms with van der Waals surface area (Å²) in [5.41, 5.74) is 0.552. The summed E-state index contributed by atoms with van der Waals surface area (Å²) in [5.74, 6) is -1.07. The smallest absolute Gasteiger partial charge is 0.307 e. The van der Waals surface area contributed by atoms with E-state index in [4.69, 9.17) is 16.7 Å². The highest BCUT2D eigenvalue weighted by molar-refractivity contribution is 6.31. The molecule has 15 heavy (non-hydrogen) atoms. The van der Waals surface area contributed by atoms with Crippen molar-refractivity contribution in [3.8, 4) is 0 Å². The number of aryl methyl sites for hydroxylation is 1. The molecule has 1 aromatic rings. The van der Waals surface area contributed by atoms with Crippen LogP contribution in [0, 0.1) is 17.0 Å². The number of nitro groups is 1. The van der Waals surface area contributed by atoms with E-state index in [0.29, 0.717) is 5.56 Å². The third-order valence-electron chi connectivity index (χ3n) is 1.90. The molecule has 1 N–H and O–H groups in total. The Labute approximate surface area is 90.4 Å². The van der Waals surface area contributed by atoms with E-state index >= 15 is 0 Å². The molecule has 0 spiro atoms. The summed E-state index contributed by atoms with van der Waals surface area (Å²) < 4.78 is 0. The van der Waals surface area contributed by atoms with Gasteiger partial charge in [0.25, 0.3) is 5.69 Å². The highest BCUT2D eigenvalue weighted by atomic mass is 35.5. The van der Waals surface area contributed by atoms with Gasteiger partial charge in [0.05, 0.1) is 11.3 Å². The van der Waals surface area contributed by atoms with E-state index in [2.05, 4.69) is 0 Å². The molecule has 0 aliphatic rings. The molecular formula is C9H8ClNO4. The van der Waals surface area contributed by atoms with Crippen LogP contribution in [0.2, 0.25) is 5.02 Å². The molecule has 1 rings (SSSR count). The Balaban J connectivity index is 3.23. The number of nitro benzene ring substituents is 1. The first kappa shape index (κ1) is 11.5. The average molecular weight is 230 g/mol. The van der Waals surface area contributed by atoms with Gasteiger partial charge in [-0.3, -0.25) is 14.9 Å². The first-order valence-electron chi connectivity index (χ1n) is 4.07. The first-order chi connectivity index (χ1) is 6.91. The maximum absolute atomic E-state index is 10.6. The highest BCUT2D eigenvalue weighted by Crippen LogP contribution is 2.26. The number of nitrogens with zero attached hydrogens (tertiary/aromatic N) is 1. The Bertz CT molecular complexity index is 430. The van der Waals surface area contributed by atoms with Crippen molar-refractivity contribution >= 4 is 23.3 Å². The number of hydrogen-bond donors (Lipinski definition) is 1. The number of carbonyl (C=O) groups is 1. The molecular weight excluding hydrogens is 222 g/mol. The number of rotatable bonds is 3. The van der Waals surface area contributed by atoms with Crippen molar-refractivity contribution in [1.82, 2.24) is 0 Å². The number of carboxylic acids is 1. The van der Waals surface area contributed by atoms with Crippen molar-refractivity contribution in [2.75, 3.05) is 0 Å². The van der Waals surface area contributed by atoms with Gasteiger partial charge in [-0.25, -0.2) is 0 Å². The SMILES string of the molecule is Cc1cc(Cl)c(CC(=O)O)cc1[N+](=O)[O-]. The second-order valence-corrected chi connectivity index (χ2v) is 3.46. The maximum atomic E-state index is 10.6. The third-order valence-corrected chi connectivity index (χ3v) is 2.26. The number of aliphatic carboxylic acids is 1. The van der Waals surface area contributed by atoms with Crippen LogP contribution < -0.4 is 0 Å². The van der Waals surface area contributed by atoms with Gasteiger partial charge in [0, 0.05) is 16.7 Å². The standard InChI is InChI=1S/C9H8ClNO4/c1-5-2-7(10)6(4-9(12)13)3-8(5)11(14)15/h2-3H,4H2,1H3,(H,12,13). The van der Waals surface area contributed by atoms with Crippen LogP contribution in [-0.2, 0) is 11.2 Å². The largest absolute Gasteiger partial charge is 0.481 e. The van der Waals surface area contributed by atoms with Crippen LogP contribution in [0.4, 0.5) is 5.69 Å². The monoisotopic (exact) mass is 229 g/mol. The number of hydrogen-bond acceptors (Lipinski definition) is 3. The lowest BCUT2D eigenvalue weighted by molar-refractivity contribution is -0.385. The molecule has 1 aromatic carbocycles. The minimum absolute atomic E-state index is 0.115. The number of benzene rings is 1. The van der Waals surface area contributed by atoms with Crippen molar-refractivity contribution in [2.24, 2.45) is 0 Å². The molecule has 0 bridgehead atoms. The van der Waals surface area contributed by atoms with Crippen LogP contribution in [0.1, 0.15) is 11.1 Å². The van der Waals surface area contributed by atoms with E-state index in [-0.39, 0.29) is 22.7 Å². The van der Waals surface area contributed by atoms with Gasteiger partial charge in [0.2, 0.25) is 0 Å². The lowest BCUT2D eigenvalue weighted by Gasteiger charge is -2.03. The summed E-state index contributed by atoms with van der Waals surface area (Å²) in [6.45, 7) is 1.55. The second kappa shape index (κ2) is 4.27. The van der Waals surface area contributed by atoms with Crippen LogP contribution in [0.5, 0.6) is 0 Å². The normalized spacial score (nSPS) is 10.0. The van der Waals surface area contributed by atoms with Gasteiger partial charge < -0.3 is 5.11 Å². The summed E-state index contributed by atoms with van der Waals surface area (Å²) >= 11 is 5.76. The van der Waals surface area contributed by atoms with Crippen molar-refractivity contribution in [3.63, 3.8) is 0 Å². The van der Waals surface area contributed by atoms with Gasteiger partial charge in [-0.1, -0.05) is 11.6 Å². The molecule has 0 heterocycles. The van der Waals surface area contributed by atoms with Crippen LogP contribution in [0.25, 0.3) is 0 Å². The Kier molecular flexibility index (Phi) is 3.26. The zero-order valence-electron chi connectivity index (χ0n) is 7.86. The molecule has 0 aromatic heterocycles. The van der Waals surface area contributed by atoms with E-state index in [0.717, 1.165) is 0 Å². The highest BCUT2D eigenvalue weighted by Gasteiger charge is 2.15. The zero-order chi connectivity index (χ0) is 11.6. The van der Waals surface area contributed by atoms with Gasteiger partial charge >= 0.3 is 5.97 Å². The number of halogens is 1. The van der Waals surface area contributed by atoms with Crippen LogP contribution in [-0.4, -0.2) is 16.0 Å². The number of carboxylic acid groups (broad SMARTS) is 1. The van der Waals surface area contributed by atoms with Crippen LogP contribution in [0.15, 0.2) is 12.1 Å². The second-order valence-electron chi connectivity index (χ2n) is 3.06. The molecule has 0 fully saturated rings. The van der Waals surface area contributed by atoms with E-state index in [1.165, 1.54) is 12.1 Å². The topological polar surface area (TPSA) is 80.4 Å². The minimum atomic E-state index is -1.07. The Hall–Kier alpha value is -1.62. The molecule has 0 amide bonds. The summed E-state index contributed by atoms with van der Waals surface area (Å²) in [4.78, 5) is 20.5. The van der Waals surface area contributed by atoms with Crippen molar-refractivity contribution in [2.45, 2.75) is 13.3 Å². The molecule has 80 valence electrons. The third kappa shape index (κ3) is 2.66. The predicted octanol–water partition coefficient (Wildman–Crippen LogP) is 2.18. The molecule has 0 saturated heterocycles. The van der Waals surface area contributed by atoms with E-state index in [9.17, 15) is 14.9 Å². The van der Waals surface area contributed by atoms with Gasteiger partial charge in [-0.15, -0.1) is 0 Å². The zero-order valence-corrected chi connectivity index (χ0v) is 8.61. The molecule has 0 radical (unpaired) electrons. The molecule has 0 aliphatic carbocycles. The fourth-order valence-electron chi connectivity index (χ4n) is 1.20. The molecule has 5 nitrogen and oxygen atoms in total. The summed E-state index contributed by atoms with van der Waals surface area (Å²) in [6, 6.07) is 2.60. The molecule has 0 atom stereocenters. The fourth-order valence-corrected chi connectivity index (χ4v) is 1.48. The van der Waals surface area contributed by atoms with Gasteiger partial charge in [0.15, 0.2) is 0 Å². The van der Waals surface area contributed by atoms with Crippen molar-refractivity contribution in [1.29, 1.82) is 0 Å².